The number of hydrogen-bond donors (Lipinski definition) is 1. The molecule has 0 aliphatic carbocycles. The number of rotatable bonds is 6. The SMILES string of the molecule is Cc1c(CN[C@@H](Cc2c(F)cccc2Cl)c2ccco2)cnn1C. The van der Waals surface area contributed by atoms with Gasteiger partial charge in [-0.2, -0.15) is 5.10 Å². The van der Waals surface area contributed by atoms with Crippen molar-refractivity contribution in [3.8, 4) is 0 Å². The van der Waals surface area contributed by atoms with Crippen LogP contribution in [-0.2, 0) is 20.0 Å². The summed E-state index contributed by atoms with van der Waals surface area (Å²) in [6, 6.07) is 8.24. The van der Waals surface area contributed by atoms with Gasteiger partial charge in [-0.05, 0) is 37.6 Å². The fraction of sp³-hybridized carbons (Fsp3) is 0.278. The Balaban J connectivity index is 1.81. The number of aryl methyl sites for hydroxylation is 1. The Bertz CT molecular complexity index is 794. The van der Waals surface area contributed by atoms with Crippen molar-refractivity contribution < 1.29 is 8.81 Å². The number of nitrogens with one attached hydrogen (secondary N) is 1. The third-order valence-corrected chi connectivity index (χ3v) is 4.59. The van der Waals surface area contributed by atoms with Gasteiger partial charge in [0.2, 0.25) is 0 Å². The Morgan fingerprint density at radius 1 is 1.33 bits per heavy atom. The van der Waals surface area contributed by atoms with Gasteiger partial charge in [-0.1, -0.05) is 17.7 Å². The minimum absolute atomic E-state index is 0.186. The maximum atomic E-state index is 14.1. The number of hydrogen-bond acceptors (Lipinski definition) is 3. The van der Waals surface area contributed by atoms with E-state index >= 15 is 0 Å². The van der Waals surface area contributed by atoms with Crippen molar-refractivity contribution in [1.82, 2.24) is 15.1 Å². The molecule has 0 bridgehead atoms. The highest BCUT2D eigenvalue weighted by Crippen LogP contribution is 2.26. The van der Waals surface area contributed by atoms with E-state index in [4.69, 9.17) is 16.0 Å². The average molecular weight is 348 g/mol. The van der Waals surface area contributed by atoms with E-state index in [-0.39, 0.29) is 11.9 Å². The van der Waals surface area contributed by atoms with E-state index in [0.29, 0.717) is 23.6 Å². The van der Waals surface area contributed by atoms with Crippen molar-refractivity contribution in [2.75, 3.05) is 0 Å². The van der Waals surface area contributed by atoms with Crippen LogP contribution < -0.4 is 5.32 Å². The van der Waals surface area contributed by atoms with Crippen LogP contribution in [0, 0.1) is 12.7 Å². The van der Waals surface area contributed by atoms with Gasteiger partial charge < -0.3 is 9.73 Å². The molecule has 1 N–H and O–H groups in total. The quantitative estimate of drug-likeness (QED) is 0.727. The zero-order valence-electron chi connectivity index (χ0n) is 13.6. The molecule has 6 heteroatoms. The van der Waals surface area contributed by atoms with Gasteiger partial charge in [0.05, 0.1) is 18.5 Å². The van der Waals surface area contributed by atoms with Crippen LogP contribution in [0.25, 0.3) is 0 Å². The highest BCUT2D eigenvalue weighted by atomic mass is 35.5. The summed E-state index contributed by atoms with van der Waals surface area (Å²) in [6.45, 7) is 2.62. The number of nitrogens with zero attached hydrogens (tertiary/aromatic N) is 2. The Labute approximate surface area is 145 Å². The standard InChI is InChI=1S/C18H19ClFN3O/c1-12-13(11-22-23(12)2)10-21-17(18-7-4-8-24-18)9-14-15(19)5-3-6-16(14)20/h3-8,11,17,21H,9-10H2,1-2H3/t17-/m0/s1. The number of halogens is 2. The zero-order chi connectivity index (χ0) is 17.1. The first kappa shape index (κ1) is 16.7. The van der Waals surface area contributed by atoms with Crippen molar-refractivity contribution in [3.05, 3.63) is 76.2 Å². The van der Waals surface area contributed by atoms with Crippen LogP contribution in [0.5, 0.6) is 0 Å². The highest BCUT2D eigenvalue weighted by molar-refractivity contribution is 6.31. The first-order valence-electron chi connectivity index (χ1n) is 7.73. The van der Waals surface area contributed by atoms with Gasteiger partial charge in [0.15, 0.2) is 0 Å². The number of aromatic nitrogens is 2. The van der Waals surface area contributed by atoms with E-state index in [0.717, 1.165) is 17.0 Å². The van der Waals surface area contributed by atoms with E-state index in [1.807, 2.05) is 37.0 Å². The van der Waals surface area contributed by atoms with Crippen LogP contribution in [0.2, 0.25) is 5.02 Å². The molecule has 1 atom stereocenters. The first-order valence-corrected chi connectivity index (χ1v) is 8.11. The van der Waals surface area contributed by atoms with E-state index < -0.39 is 0 Å². The smallest absolute Gasteiger partial charge is 0.127 e. The molecule has 24 heavy (non-hydrogen) atoms. The van der Waals surface area contributed by atoms with Gasteiger partial charge in [0, 0.05) is 35.4 Å². The molecule has 0 saturated carbocycles. The lowest BCUT2D eigenvalue weighted by atomic mass is 10.0. The zero-order valence-corrected chi connectivity index (χ0v) is 14.3. The van der Waals surface area contributed by atoms with Crippen LogP contribution in [-0.4, -0.2) is 9.78 Å². The predicted molar refractivity (Wildman–Crippen MR) is 91.3 cm³/mol. The topological polar surface area (TPSA) is 43.0 Å². The minimum atomic E-state index is -0.307. The van der Waals surface area contributed by atoms with E-state index in [9.17, 15) is 4.39 Å². The summed E-state index contributed by atoms with van der Waals surface area (Å²) >= 11 is 6.17. The molecule has 0 aliphatic rings. The van der Waals surface area contributed by atoms with Crippen molar-refractivity contribution in [1.29, 1.82) is 0 Å². The second kappa shape index (κ2) is 7.20. The molecule has 4 nitrogen and oxygen atoms in total. The summed E-state index contributed by atoms with van der Waals surface area (Å²) in [4.78, 5) is 0. The molecular formula is C18H19ClFN3O. The molecule has 0 aliphatic heterocycles. The summed E-state index contributed by atoms with van der Waals surface area (Å²) in [6.07, 6.45) is 3.85. The molecule has 2 heterocycles. The molecule has 3 rings (SSSR count). The maximum absolute atomic E-state index is 14.1. The predicted octanol–water partition coefficient (Wildman–Crippen LogP) is 4.19. The fourth-order valence-corrected chi connectivity index (χ4v) is 2.89. The molecule has 0 amide bonds. The molecule has 1 aromatic carbocycles. The van der Waals surface area contributed by atoms with Gasteiger partial charge in [0.25, 0.3) is 0 Å². The molecule has 3 aromatic rings. The van der Waals surface area contributed by atoms with Crippen LogP contribution in [0.15, 0.2) is 47.2 Å². The first-order chi connectivity index (χ1) is 11.6. The van der Waals surface area contributed by atoms with Gasteiger partial charge in [0.1, 0.15) is 11.6 Å². The van der Waals surface area contributed by atoms with Gasteiger partial charge >= 0.3 is 0 Å². The van der Waals surface area contributed by atoms with Crippen LogP contribution >= 0.6 is 11.6 Å². The Morgan fingerprint density at radius 3 is 2.79 bits per heavy atom. The Morgan fingerprint density at radius 2 is 2.17 bits per heavy atom. The third kappa shape index (κ3) is 3.52. The third-order valence-electron chi connectivity index (χ3n) is 4.23. The molecule has 0 saturated heterocycles. The van der Waals surface area contributed by atoms with E-state index in [1.165, 1.54) is 6.07 Å². The van der Waals surface area contributed by atoms with Gasteiger partial charge in [-0.3, -0.25) is 4.68 Å². The Hall–Kier alpha value is -2.11. The molecule has 0 fully saturated rings. The van der Waals surface area contributed by atoms with Crippen molar-refractivity contribution in [2.24, 2.45) is 7.05 Å². The second-order valence-corrected chi connectivity index (χ2v) is 6.14. The Kier molecular flexibility index (Phi) is 5.02. The molecule has 0 unspecified atom stereocenters. The van der Waals surface area contributed by atoms with Crippen molar-refractivity contribution >= 4 is 11.6 Å². The van der Waals surface area contributed by atoms with E-state index in [1.54, 1.807) is 18.4 Å². The second-order valence-electron chi connectivity index (χ2n) is 5.73. The van der Waals surface area contributed by atoms with Crippen LogP contribution in [0.3, 0.4) is 0 Å². The lowest BCUT2D eigenvalue weighted by molar-refractivity contribution is 0.405. The summed E-state index contributed by atoms with van der Waals surface area (Å²) in [5, 5.41) is 8.09. The largest absolute Gasteiger partial charge is 0.468 e. The summed E-state index contributed by atoms with van der Waals surface area (Å²) in [7, 11) is 1.90. The number of benzene rings is 1. The monoisotopic (exact) mass is 347 g/mol. The fourth-order valence-electron chi connectivity index (χ4n) is 2.65. The van der Waals surface area contributed by atoms with Crippen LogP contribution in [0.4, 0.5) is 4.39 Å². The maximum Gasteiger partial charge on any atom is 0.127 e. The molecular weight excluding hydrogens is 329 g/mol. The highest BCUT2D eigenvalue weighted by Gasteiger charge is 2.19. The minimum Gasteiger partial charge on any atom is -0.468 e. The summed E-state index contributed by atoms with van der Waals surface area (Å²) in [5.41, 5.74) is 2.66. The molecule has 2 aromatic heterocycles. The number of furan rings is 1. The van der Waals surface area contributed by atoms with Crippen LogP contribution in [0.1, 0.15) is 28.6 Å². The summed E-state index contributed by atoms with van der Waals surface area (Å²) < 4.78 is 21.5. The normalized spacial score (nSPS) is 12.5. The van der Waals surface area contributed by atoms with Gasteiger partial charge in [-0.25, -0.2) is 4.39 Å². The van der Waals surface area contributed by atoms with Crippen molar-refractivity contribution in [3.63, 3.8) is 0 Å². The summed E-state index contributed by atoms with van der Waals surface area (Å²) in [5.74, 6) is 0.439. The molecule has 0 spiro atoms. The van der Waals surface area contributed by atoms with Gasteiger partial charge in [-0.15, -0.1) is 0 Å². The lowest BCUT2D eigenvalue weighted by Gasteiger charge is -2.18. The van der Waals surface area contributed by atoms with E-state index in [2.05, 4.69) is 10.4 Å². The molecule has 0 radical (unpaired) electrons. The lowest BCUT2D eigenvalue weighted by Crippen LogP contribution is -2.23. The van der Waals surface area contributed by atoms with Crippen molar-refractivity contribution in [2.45, 2.75) is 25.9 Å². The molecule has 126 valence electrons. The average Bonchev–Trinajstić information content (AvgIpc) is 3.19.